The average Bonchev–Trinajstić information content (AvgIpc) is 2.70. The maximum Gasteiger partial charge on any atom is 0.257 e. The summed E-state index contributed by atoms with van der Waals surface area (Å²) in [7, 11) is 0. The van der Waals surface area contributed by atoms with Crippen LogP contribution in [0.3, 0.4) is 0 Å². The zero-order chi connectivity index (χ0) is 18.8. The van der Waals surface area contributed by atoms with Crippen molar-refractivity contribution in [2.24, 2.45) is 0 Å². The number of thioether (sulfide) groups is 1. The molecule has 0 unspecified atom stereocenters. The lowest BCUT2D eigenvalue weighted by molar-refractivity contribution is 0.0773. The van der Waals surface area contributed by atoms with Gasteiger partial charge in [0.25, 0.3) is 5.91 Å². The lowest BCUT2D eigenvalue weighted by atomic mass is 10.1. The highest BCUT2D eigenvalue weighted by atomic mass is 35.5. The summed E-state index contributed by atoms with van der Waals surface area (Å²) in [6.07, 6.45) is 1.65. The zero-order valence-corrected chi connectivity index (χ0v) is 16.7. The molecule has 2 aromatic carbocycles. The van der Waals surface area contributed by atoms with E-state index in [0.717, 1.165) is 35.5 Å². The molecule has 0 bridgehead atoms. The average molecular weight is 418 g/mol. The fourth-order valence-electron chi connectivity index (χ4n) is 3.10. The van der Waals surface area contributed by atoms with Crippen LogP contribution in [0.1, 0.15) is 10.4 Å². The molecule has 1 fully saturated rings. The molecule has 1 N–H and O–H groups in total. The summed E-state index contributed by atoms with van der Waals surface area (Å²) in [5.41, 5.74) is 2.77. The number of aromatic nitrogens is 1. The molecule has 1 amide bonds. The first-order valence-electron chi connectivity index (χ1n) is 8.60. The summed E-state index contributed by atoms with van der Waals surface area (Å²) in [4.78, 5) is 19.6. The van der Waals surface area contributed by atoms with Crippen LogP contribution >= 0.6 is 35.0 Å². The van der Waals surface area contributed by atoms with Crippen LogP contribution in [-0.4, -0.2) is 40.4 Å². The predicted molar refractivity (Wildman–Crippen MR) is 115 cm³/mol. The van der Waals surface area contributed by atoms with Gasteiger partial charge in [0, 0.05) is 41.2 Å². The molecule has 1 saturated heterocycles. The van der Waals surface area contributed by atoms with E-state index >= 15 is 0 Å². The number of carbonyl (C=O) groups is 1. The summed E-state index contributed by atoms with van der Waals surface area (Å²) in [5, 5.41) is 5.28. The topological polar surface area (TPSA) is 45.2 Å². The number of rotatable bonds is 3. The second kappa shape index (κ2) is 7.97. The standard InChI is InChI=1S/C20H17Cl2N3OS/c21-13-5-6-18(16(22)11-13)24-19-14-3-1-2-4-17(14)23-12-15(19)20(26)25-7-9-27-10-8-25/h1-6,11-12H,7-10H2,(H,23,24). The van der Waals surface area contributed by atoms with Gasteiger partial charge in [0.1, 0.15) is 0 Å². The van der Waals surface area contributed by atoms with Gasteiger partial charge in [0.15, 0.2) is 0 Å². The molecule has 0 spiro atoms. The Morgan fingerprint density at radius 3 is 2.67 bits per heavy atom. The van der Waals surface area contributed by atoms with E-state index in [1.54, 1.807) is 18.3 Å². The summed E-state index contributed by atoms with van der Waals surface area (Å²) >= 11 is 14.2. The number of fused-ring (bicyclic) bond motifs is 1. The number of hydrogen-bond acceptors (Lipinski definition) is 4. The van der Waals surface area contributed by atoms with E-state index < -0.39 is 0 Å². The van der Waals surface area contributed by atoms with Gasteiger partial charge in [-0.2, -0.15) is 11.8 Å². The van der Waals surface area contributed by atoms with Crippen molar-refractivity contribution in [3.63, 3.8) is 0 Å². The Kier molecular flexibility index (Phi) is 5.43. The third-order valence-electron chi connectivity index (χ3n) is 4.49. The van der Waals surface area contributed by atoms with Gasteiger partial charge in [-0.25, -0.2) is 0 Å². The van der Waals surface area contributed by atoms with Crippen molar-refractivity contribution in [2.45, 2.75) is 0 Å². The fourth-order valence-corrected chi connectivity index (χ4v) is 4.46. The molecule has 1 aliphatic rings. The van der Waals surface area contributed by atoms with Gasteiger partial charge in [-0.15, -0.1) is 0 Å². The second-order valence-corrected chi connectivity index (χ2v) is 8.29. The highest BCUT2D eigenvalue weighted by Gasteiger charge is 2.23. The van der Waals surface area contributed by atoms with E-state index in [2.05, 4.69) is 10.3 Å². The van der Waals surface area contributed by atoms with Gasteiger partial charge < -0.3 is 10.2 Å². The van der Waals surface area contributed by atoms with Gasteiger partial charge in [0.2, 0.25) is 0 Å². The molecule has 0 atom stereocenters. The van der Waals surface area contributed by atoms with Crippen LogP contribution in [0.4, 0.5) is 11.4 Å². The van der Waals surface area contributed by atoms with E-state index in [9.17, 15) is 4.79 Å². The Morgan fingerprint density at radius 1 is 1.11 bits per heavy atom. The Labute approximate surface area is 171 Å². The quantitative estimate of drug-likeness (QED) is 0.612. The maximum absolute atomic E-state index is 13.2. The summed E-state index contributed by atoms with van der Waals surface area (Å²) in [5.74, 6) is 1.90. The zero-order valence-electron chi connectivity index (χ0n) is 14.4. The Morgan fingerprint density at radius 2 is 1.89 bits per heavy atom. The number of nitrogens with one attached hydrogen (secondary N) is 1. The van der Waals surface area contributed by atoms with Crippen LogP contribution in [0.15, 0.2) is 48.7 Å². The van der Waals surface area contributed by atoms with Gasteiger partial charge in [-0.3, -0.25) is 9.78 Å². The minimum Gasteiger partial charge on any atom is -0.353 e. The van der Waals surface area contributed by atoms with Crippen LogP contribution < -0.4 is 5.32 Å². The molecule has 0 radical (unpaired) electrons. The van der Waals surface area contributed by atoms with E-state index in [1.165, 1.54) is 0 Å². The van der Waals surface area contributed by atoms with Crippen molar-refractivity contribution in [3.8, 4) is 0 Å². The highest BCUT2D eigenvalue weighted by Crippen LogP contribution is 2.34. The Bertz CT molecular complexity index is 1010. The number of para-hydroxylation sites is 1. The molecular formula is C20H17Cl2N3OS. The smallest absolute Gasteiger partial charge is 0.257 e. The van der Waals surface area contributed by atoms with Crippen molar-refractivity contribution in [3.05, 3.63) is 64.3 Å². The maximum atomic E-state index is 13.2. The Hall–Kier alpha value is -1.95. The molecule has 4 rings (SSSR count). The first kappa shape index (κ1) is 18.4. The van der Waals surface area contributed by atoms with E-state index in [4.69, 9.17) is 23.2 Å². The van der Waals surface area contributed by atoms with Crippen LogP contribution in [-0.2, 0) is 0 Å². The number of nitrogens with zero attached hydrogens (tertiary/aromatic N) is 2. The largest absolute Gasteiger partial charge is 0.353 e. The summed E-state index contributed by atoms with van der Waals surface area (Å²) in [6, 6.07) is 13.0. The number of amides is 1. The number of hydrogen-bond donors (Lipinski definition) is 1. The van der Waals surface area contributed by atoms with E-state index in [0.29, 0.717) is 27.0 Å². The lowest BCUT2D eigenvalue weighted by Crippen LogP contribution is -2.38. The van der Waals surface area contributed by atoms with Crippen molar-refractivity contribution >= 4 is 63.1 Å². The minimum atomic E-state index is -0.0128. The van der Waals surface area contributed by atoms with Gasteiger partial charge in [-0.05, 0) is 24.3 Å². The molecule has 4 nitrogen and oxygen atoms in total. The van der Waals surface area contributed by atoms with Crippen LogP contribution in [0, 0.1) is 0 Å². The summed E-state index contributed by atoms with van der Waals surface area (Å²) < 4.78 is 0. The van der Waals surface area contributed by atoms with Crippen LogP contribution in [0.25, 0.3) is 10.9 Å². The van der Waals surface area contributed by atoms with Gasteiger partial charge in [0.05, 0.1) is 27.5 Å². The predicted octanol–water partition coefficient (Wildman–Crippen LogP) is 5.47. The van der Waals surface area contributed by atoms with Crippen molar-refractivity contribution in [2.75, 3.05) is 29.9 Å². The van der Waals surface area contributed by atoms with E-state index in [1.807, 2.05) is 47.0 Å². The van der Waals surface area contributed by atoms with Crippen molar-refractivity contribution < 1.29 is 4.79 Å². The first-order chi connectivity index (χ1) is 13.1. The monoisotopic (exact) mass is 417 g/mol. The molecule has 138 valence electrons. The number of anilines is 2. The third-order valence-corrected chi connectivity index (χ3v) is 5.99. The van der Waals surface area contributed by atoms with Gasteiger partial charge in [-0.1, -0.05) is 41.4 Å². The van der Waals surface area contributed by atoms with Crippen LogP contribution in [0.2, 0.25) is 10.0 Å². The second-order valence-electron chi connectivity index (χ2n) is 6.22. The van der Waals surface area contributed by atoms with E-state index in [-0.39, 0.29) is 5.91 Å². The minimum absolute atomic E-state index is 0.0128. The molecule has 2 heterocycles. The first-order valence-corrected chi connectivity index (χ1v) is 10.5. The number of benzene rings is 2. The summed E-state index contributed by atoms with van der Waals surface area (Å²) in [6.45, 7) is 1.49. The molecule has 1 aromatic heterocycles. The molecule has 1 aliphatic heterocycles. The molecule has 7 heteroatoms. The van der Waals surface area contributed by atoms with Gasteiger partial charge >= 0.3 is 0 Å². The number of pyridine rings is 1. The van der Waals surface area contributed by atoms with Crippen LogP contribution in [0.5, 0.6) is 0 Å². The highest BCUT2D eigenvalue weighted by molar-refractivity contribution is 7.99. The Balaban J connectivity index is 1.81. The molecule has 27 heavy (non-hydrogen) atoms. The number of halogens is 2. The third kappa shape index (κ3) is 3.86. The fraction of sp³-hybridized carbons (Fsp3) is 0.200. The molecule has 3 aromatic rings. The SMILES string of the molecule is O=C(c1cnc2ccccc2c1Nc1ccc(Cl)cc1Cl)N1CCSCC1. The van der Waals surface area contributed by atoms with Crippen molar-refractivity contribution in [1.82, 2.24) is 9.88 Å². The van der Waals surface area contributed by atoms with Crippen molar-refractivity contribution in [1.29, 1.82) is 0 Å². The molecule has 0 aliphatic carbocycles. The lowest BCUT2D eigenvalue weighted by Gasteiger charge is -2.27. The molecular weight excluding hydrogens is 401 g/mol. The number of carbonyl (C=O) groups excluding carboxylic acids is 1. The normalized spacial score (nSPS) is 14.4. The molecule has 0 saturated carbocycles.